The Balaban J connectivity index is 3.15. The molecular formula is C9H12N2O2. The highest BCUT2D eigenvalue weighted by molar-refractivity contribution is 5.45. The van der Waals surface area contributed by atoms with Crippen LogP contribution in [0.25, 0.3) is 0 Å². The second kappa shape index (κ2) is 3.89. The van der Waals surface area contributed by atoms with Crippen LogP contribution in [0.3, 0.4) is 0 Å². The number of benzene rings is 1. The minimum absolute atomic E-state index is 0.184. The Morgan fingerprint density at radius 2 is 2.23 bits per heavy atom. The molecular weight excluding hydrogens is 168 g/mol. The lowest BCUT2D eigenvalue weighted by atomic mass is 10.1. The predicted molar refractivity (Wildman–Crippen MR) is 48.2 cm³/mol. The van der Waals surface area contributed by atoms with E-state index in [1.165, 1.54) is 0 Å². The highest BCUT2D eigenvalue weighted by Crippen LogP contribution is 2.28. The van der Waals surface area contributed by atoms with E-state index in [1.54, 1.807) is 26.2 Å². The monoisotopic (exact) mass is 180 g/mol. The summed E-state index contributed by atoms with van der Waals surface area (Å²) >= 11 is 0. The van der Waals surface area contributed by atoms with Crippen LogP contribution in [-0.2, 0) is 6.54 Å². The van der Waals surface area contributed by atoms with Gasteiger partial charge in [-0.25, -0.2) is 5.53 Å². The molecule has 0 fully saturated rings. The van der Waals surface area contributed by atoms with Crippen molar-refractivity contribution >= 4 is 0 Å². The normalized spacial score (nSPS) is 9.69. The van der Waals surface area contributed by atoms with Crippen molar-refractivity contribution in [3.05, 3.63) is 23.3 Å². The number of methoxy groups -OCH3 is 1. The average Bonchev–Trinajstić information content (AvgIpc) is 2.13. The molecule has 1 rings (SSSR count). The lowest BCUT2D eigenvalue weighted by molar-refractivity contribution is 0.409. The van der Waals surface area contributed by atoms with E-state index in [9.17, 15) is 5.11 Å². The topological polar surface area (TPSA) is 65.7 Å². The summed E-state index contributed by atoms with van der Waals surface area (Å²) in [6.07, 6.45) is 0. The third kappa shape index (κ3) is 1.96. The first-order valence-electron chi connectivity index (χ1n) is 3.88. The van der Waals surface area contributed by atoms with Crippen molar-refractivity contribution in [1.29, 1.82) is 5.53 Å². The summed E-state index contributed by atoms with van der Waals surface area (Å²) in [6, 6.07) is 3.42. The number of hydrogen-bond acceptors (Lipinski definition) is 4. The van der Waals surface area contributed by atoms with Gasteiger partial charge in [-0.3, -0.25) is 0 Å². The Labute approximate surface area is 76.7 Å². The molecule has 0 radical (unpaired) electrons. The van der Waals surface area contributed by atoms with Crippen LogP contribution in [0, 0.1) is 12.5 Å². The Morgan fingerprint density at radius 1 is 1.54 bits per heavy atom. The summed E-state index contributed by atoms with van der Waals surface area (Å²) in [5.74, 6) is 0.866. The van der Waals surface area contributed by atoms with Crippen molar-refractivity contribution in [2.75, 3.05) is 7.11 Å². The Bertz CT molecular complexity index is 324. The number of aromatic hydroxyl groups is 1. The van der Waals surface area contributed by atoms with E-state index in [4.69, 9.17) is 10.3 Å². The van der Waals surface area contributed by atoms with Gasteiger partial charge in [0.25, 0.3) is 0 Å². The van der Waals surface area contributed by atoms with Crippen molar-refractivity contribution in [1.82, 2.24) is 0 Å². The van der Waals surface area contributed by atoms with Crippen molar-refractivity contribution in [3.63, 3.8) is 0 Å². The zero-order chi connectivity index (χ0) is 9.84. The van der Waals surface area contributed by atoms with Crippen molar-refractivity contribution in [2.45, 2.75) is 13.5 Å². The first-order chi connectivity index (χ1) is 6.19. The molecule has 0 aliphatic rings. The third-order valence-electron chi connectivity index (χ3n) is 1.84. The van der Waals surface area contributed by atoms with Gasteiger partial charge >= 0.3 is 0 Å². The van der Waals surface area contributed by atoms with Gasteiger partial charge in [0.2, 0.25) is 0 Å². The number of nitrogens with zero attached hydrogens (tertiary/aromatic N) is 1. The summed E-state index contributed by atoms with van der Waals surface area (Å²) in [6.45, 7) is 1.97. The fourth-order valence-electron chi connectivity index (χ4n) is 1.14. The average molecular weight is 180 g/mol. The molecule has 1 aromatic rings. The minimum atomic E-state index is 0.184. The molecule has 0 atom stereocenters. The zero-order valence-electron chi connectivity index (χ0n) is 7.66. The molecule has 0 heterocycles. The van der Waals surface area contributed by atoms with Crippen LogP contribution in [0.2, 0.25) is 0 Å². The Kier molecular flexibility index (Phi) is 2.84. The van der Waals surface area contributed by atoms with E-state index in [1.807, 2.05) is 0 Å². The summed E-state index contributed by atoms with van der Waals surface area (Å²) in [7, 11) is 1.56. The quantitative estimate of drug-likeness (QED) is 0.700. The van der Waals surface area contributed by atoms with Crippen LogP contribution in [0.5, 0.6) is 11.5 Å². The number of ether oxygens (including phenoxy) is 1. The van der Waals surface area contributed by atoms with E-state index in [2.05, 4.69) is 5.11 Å². The molecule has 0 aromatic heterocycles. The number of nitrogens with one attached hydrogen (secondary N) is 1. The second-order valence-electron chi connectivity index (χ2n) is 2.77. The fourth-order valence-corrected chi connectivity index (χ4v) is 1.14. The molecule has 0 saturated carbocycles. The maximum Gasteiger partial charge on any atom is 0.123 e. The lowest BCUT2D eigenvalue weighted by Gasteiger charge is -2.07. The van der Waals surface area contributed by atoms with Gasteiger partial charge in [-0.1, -0.05) is 0 Å². The minimum Gasteiger partial charge on any atom is -0.507 e. The van der Waals surface area contributed by atoms with Crippen molar-refractivity contribution in [3.8, 4) is 11.5 Å². The van der Waals surface area contributed by atoms with Crippen LogP contribution < -0.4 is 4.74 Å². The molecule has 0 bridgehead atoms. The van der Waals surface area contributed by atoms with E-state index in [0.29, 0.717) is 11.3 Å². The predicted octanol–water partition coefficient (Wildman–Crippen LogP) is 2.24. The molecule has 0 spiro atoms. The zero-order valence-corrected chi connectivity index (χ0v) is 7.66. The largest absolute Gasteiger partial charge is 0.507 e. The first-order valence-corrected chi connectivity index (χ1v) is 3.88. The van der Waals surface area contributed by atoms with Crippen molar-refractivity contribution in [2.24, 2.45) is 5.11 Å². The van der Waals surface area contributed by atoms with Crippen LogP contribution >= 0.6 is 0 Å². The number of aryl methyl sites for hydroxylation is 1. The van der Waals surface area contributed by atoms with Gasteiger partial charge in [-0.15, -0.1) is 0 Å². The number of rotatable bonds is 3. The third-order valence-corrected chi connectivity index (χ3v) is 1.84. The van der Waals surface area contributed by atoms with E-state index >= 15 is 0 Å². The summed E-state index contributed by atoms with van der Waals surface area (Å²) in [5, 5.41) is 12.8. The van der Waals surface area contributed by atoms with Crippen molar-refractivity contribution < 1.29 is 9.84 Å². The van der Waals surface area contributed by atoms with Gasteiger partial charge in [0.1, 0.15) is 11.5 Å². The van der Waals surface area contributed by atoms with E-state index in [0.717, 1.165) is 5.56 Å². The standard InChI is InChI=1S/C9H12N2O2/c1-6-3-8(13-2)4-7(5-11-10)9(6)12/h3-4,10,12H,5H2,1-2H3. The molecule has 70 valence electrons. The van der Waals surface area contributed by atoms with Crippen LogP contribution in [-0.4, -0.2) is 12.2 Å². The number of hydrogen-bond donors (Lipinski definition) is 2. The molecule has 4 heteroatoms. The van der Waals surface area contributed by atoms with Gasteiger partial charge in [-0.2, -0.15) is 5.11 Å². The number of phenolic OH excluding ortho intramolecular Hbond substituents is 1. The highest BCUT2D eigenvalue weighted by Gasteiger charge is 2.06. The second-order valence-corrected chi connectivity index (χ2v) is 2.77. The Hall–Kier alpha value is -1.58. The van der Waals surface area contributed by atoms with Crippen LogP contribution in [0.15, 0.2) is 17.2 Å². The molecule has 4 nitrogen and oxygen atoms in total. The van der Waals surface area contributed by atoms with Gasteiger partial charge in [0.05, 0.1) is 13.7 Å². The van der Waals surface area contributed by atoms with Gasteiger partial charge in [0, 0.05) is 5.56 Å². The van der Waals surface area contributed by atoms with Gasteiger partial charge in [-0.05, 0) is 24.6 Å². The van der Waals surface area contributed by atoms with E-state index < -0.39 is 0 Å². The number of phenols is 1. The molecule has 0 saturated heterocycles. The molecule has 2 N–H and O–H groups in total. The van der Waals surface area contributed by atoms with Gasteiger partial charge < -0.3 is 9.84 Å². The summed E-state index contributed by atoms with van der Waals surface area (Å²) in [5.41, 5.74) is 8.06. The molecule has 0 unspecified atom stereocenters. The highest BCUT2D eigenvalue weighted by atomic mass is 16.5. The Morgan fingerprint density at radius 3 is 2.77 bits per heavy atom. The first kappa shape index (κ1) is 9.51. The molecule has 1 aromatic carbocycles. The molecule has 13 heavy (non-hydrogen) atoms. The molecule has 0 amide bonds. The van der Waals surface area contributed by atoms with Crippen LogP contribution in [0.1, 0.15) is 11.1 Å². The lowest BCUT2D eigenvalue weighted by Crippen LogP contribution is -1.89. The van der Waals surface area contributed by atoms with Crippen LogP contribution in [0.4, 0.5) is 0 Å². The van der Waals surface area contributed by atoms with Gasteiger partial charge in [0.15, 0.2) is 0 Å². The fraction of sp³-hybridized carbons (Fsp3) is 0.333. The smallest absolute Gasteiger partial charge is 0.123 e. The maximum absolute atomic E-state index is 9.55. The molecule has 0 aliphatic heterocycles. The molecule has 0 aliphatic carbocycles. The summed E-state index contributed by atoms with van der Waals surface area (Å²) < 4.78 is 5.02. The SMILES string of the molecule is COc1cc(C)c(O)c(CN=N)c1. The maximum atomic E-state index is 9.55. The van der Waals surface area contributed by atoms with E-state index in [-0.39, 0.29) is 12.3 Å². The summed E-state index contributed by atoms with van der Waals surface area (Å²) in [4.78, 5) is 0.